The van der Waals surface area contributed by atoms with E-state index in [9.17, 15) is 14.9 Å². The molecular weight excluding hydrogens is 344 g/mol. The average Bonchev–Trinajstić information content (AvgIpc) is 2.67. The van der Waals surface area contributed by atoms with Crippen molar-refractivity contribution in [3.63, 3.8) is 0 Å². The molecule has 0 heterocycles. The second-order valence-corrected chi connectivity index (χ2v) is 5.78. The Bertz CT molecular complexity index is 880. The van der Waals surface area contributed by atoms with Crippen LogP contribution in [0, 0.1) is 11.3 Å². The number of carboxylic acid groups (broad SMARTS) is 1. The summed E-state index contributed by atoms with van der Waals surface area (Å²) in [6.07, 6.45) is 3.49. The van der Waals surface area contributed by atoms with E-state index in [2.05, 4.69) is 12.2 Å². The molecule has 6 heteroatoms. The van der Waals surface area contributed by atoms with Gasteiger partial charge in [0.05, 0.1) is 12.2 Å². The Morgan fingerprint density at radius 1 is 1.22 bits per heavy atom. The zero-order valence-electron chi connectivity index (χ0n) is 14.9. The van der Waals surface area contributed by atoms with Crippen molar-refractivity contribution in [3.8, 4) is 11.8 Å². The monoisotopic (exact) mass is 364 g/mol. The number of carbonyl (C=O) groups is 2. The second-order valence-electron chi connectivity index (χ2n) is 5.78. The molecule has 0 aliphatic heterocycles. The van der Waals surface area contributed by atoms with Gasteiger partial charge in [-0.1, -0.05) is 31.5 Å². The number of aromatic carboxylic acids is 1. The minimum atomic E-state index is -1.09. The summed E-state index contributed by atoms with van der Waals surface area (Å²) in [7, 11) is 0. The van der Waals surface area contributed by atoms with Crippen LogP contribution in [0.3, 0.4) is 0 Å². The molecule has 138 valence electrons. The molecule has 0 atom stereocenters. The van der Waals surface area contributed by atoms with Gasteiger partial charge in [0.2, 0.25) is 0 Å². The Balaban J connectivity index is 2.09. The summed E-state index contributed by atoms with van der Waals surface area (Å²) < 4.78 is 5.58. The van der Waals surface area contributed by atoms with Crippen molar-refractivity contribution in [2.24, 2.45) is 0 Å². The van der Waals surface area contributed by atoms with Crippen LogP contribution in [0.1, 0.15) is 35.7 Å². The average molecular weight is 364 g/mol. The van der Waals surface area contributed by atoms with E-state index < -0.39 is 11.9 Å². The SMILES string of the molecule is CCCCOc1ccc(/C=C(\C#N)C(=O)Nc2cccc(C(=O)O)c2)cc1. The first-order valence-electron chi connectivity index (χ1n) is 8.53. The molecule has 2 aromatic rings. The Labute approximate surface area is 157 Å². The summed E-state index contributed by atoms with van der Waals surface area (Å²) in [4.78, 5) is 23.3. The number of rotatable bonds is 8. The number of nitriles is 1. The number of anilines is 1. The molecule has 27 heavy (non-hydrogen) atoms. The zero-order valence-corrected chi connectivity index (χ0v) is 14.9. The van der Waals surface area contributed by atoms with Crippen molar-refractivity contribution in [1.29, 1.82) is 5.26 Å². The summed E-state index contributed by atoms with van der Waals surface area (Å²) in [5.74, 6) is -0.972. The molecule has 2 aromatic carbocycles. The smallest absolute Gasteiger partial charge is 0.335 e. The maximum absolute atomic E-state index is 12.3. The molecule has 0 fully saturated rings. The third kappa shape index (κ3) is 6.01. The van der Waals surface area contributed by atoms with Crippen LogP contribution >= 0.6 is 0 Å². The number of hydrogen-bond acceptors (Lipinski definition) is 4. The molecule has 0 aliphatic rings. The van der Waals surface area contributed by atoms with Crippen LogP contribution in [0.2, 0.25) is 0 Å². The Morgan fingerprint density at radius 3 is 2.59 bits per heavy atom. The van der Waals surface area contributed by atoms with E-state index >= 15 is 0 Å². The molecule has 0 saturated heterocycles. The van der Waals surface area contributed by atoms with Crippen LogP contribution in [-0.4, -0.2) is 23.6 Å². The molecule has 0 spiro atoms. The lowest BCUT2D eigenvalue weighted by atomic mass is 10.1. The number of amides is 1. The van der Waals surface area contributed by atoms with Gasteiger partial charge in [0.25, 0.3) is 5.91 Å². The molecule has 2 rings (SSSR count). The second kappa shape index (κ2) is 9.78. The van der Waals surface area contributed by atoms with E-state index in [0.29, 0.717) is 17.9 Å². The van der Waals surface area contributed by atoms with Crippen molar-refractivity contribution in [2.75, 3.05) is 11.9 Å². The van der Waals surface area contributed by atoms with Gasteiger partial charge in [0.1, 0.15) is 17.4 Å². The molecule has 0 unspecified atom stereocenters. The summed E-state index contributed by atoms with van der Waals surface area (Å²) in [5.41, 5.74) is 0.953. The van der Waals surface area contributed by atoms with Crippen molar-refractivity contribution in [3.05, 3.63) is 65.2 Å². The van der Waals surface area contributed by atoms with Crippen LogP contribution < -0.4 is 10.1 Å². The van der Waals surface area contributed by atoms with Gasteiger partial charge in [-0.25, -0.2) is 4.79 Å². The van der Waals surface area contributed by atoms with Crippen LogP contribution in [0.25, 0.3) is 6.08 Å². The van der Waals surface area contributed by atoms with Gasteiger partial charge in [0, 0.05) is 5.69 Å². The fourth-order valence-corrected chi connectivity index (χ4v) is 2.24. The van der Waals surface area contributed by atoms with E-state index in [4.69, 9.17) is 9.84 Å². The molecule has 0 saturated carbocycles. The lowest BCUT2D eigenvalue weighted by molar-refractivity contribution is -0.112. The highest BCUT2D eigenvalue weighted by Crippen LogP contribution is 2.16. The highest BCUT2D eigenvalue weighted by atomic mass is 16.5. The van der Waals surface area contributed by atoms with Crippen molar-refractivity contribution >= 4 is 23.6 Å². The van der Waals surface area contributed by atoms with E-state index in [1.54, 1.807) is 30.3 Å². The molecule has 2 N–H and O–H groups in total. The topological polar surface area (TPSA) is 99.4 Å². The number of hydrogen-bond donors (Lipinski definition) is 2. The number of nitrogens with zero attached hydrogens (tertiary/aromatic N) is 1. The molecule has 0 radical (unpaired) electrons. The van der Waals surface area contributed by atoms with Crippen molar-refractivity contribution in [2.45, 2.75) is 19.8 Å². The largest absolute Gasteiger partial charge is 0.494 e. The summed E-state index contributed by atoms with van der Waals surface area (Å²) in [6.45, 7) is 2.73. The molecule has 1 amide bonds. The lowest BCUT2D eigenvalue weighted by Crippen LogP contribution is -2.13. The lowest BCUT2D eigenvalue weighted by Gasteiger charge is -2.06. The first-order valence-corrected chi connectivity index (χ1v) is 8.53. The molecule has 0 aliphatic carbocycles. The number of ether oxygens (including phenoxy) is 1. The fourth-order valence-electron chi connectivity index (χ4n) is 2.24. The zero-order chi connectivity index (χ0) is 19.6. The Kier molecular flexibility index (Phi) is 7.15. The Hall–Kier alpha value is -3.59. The van der Waals surface area contributed by atoms with Crippen molar-refractivity contribution < 1.29 is 19.4 Å². The highest BCUT2D eigenvalue weighted by molar-refractivity contribution is 6.10. The fraction of sp³-hybridized carbons (Fsp3) is 0.190. The van der Waals surface area contributed by atoms with Gasteiger partial charge in [-0.15, -0.1) is 0 Å². The first kappa shape index (κ1) is 19.7. The maximum atomic E-state index is 12.3. The predicted octanol–water partition coefficient (Wildman–Crippen LogP) is 4.11. The van der Waals surface area contributed by atoms with E-state index in [1.165, 1.54) is 24.3 Å². The number of carbonyl (C=O) groups excluding carboxylic acids is 1. The van der Waals surface area contributed by atoms with Crippen LogP contribution in [-0.2, 0) is 4.79 Å². The van der Waals surface area contributed by atoms with Gasteiger partial charge in [-0.2, -0.15) is 5.26 Å². The minimum absolute atomic E-state index is 0.0500. The number of nitrogens with one attached hydrogen (secondary N) is 1. The number of benzene rings is 2. The number of carboxylic acids is 1. The highest BCUT2D eigenvalue weighted by Gasteiger charge is 2.11. The standard InChI is InChI=1S/C21H20N2O4/c1-2-3-11-27-19-9-7-15(8-10-19)12-17(14-22)20(24)23-18-6-4-5-16(13-18)21(25)26/h4-10,12-13H,2-3,11H2,1H3,(H,23,24)(H,25,26)/b17-12+. The number of unbranched alkanes of at least 4 members (excludes halogenated alkanes) is 1. The summed E-state index contributed by atoms with van der Waals surface area (Å²) in [6, 6.07) is 14.8. The molecular formula is C21H20N2O4. The first-order chi connectivity index (χ1) is 13.0. The van der Waals surface area contributed by atoms with Crippen LogP contribution in [0.5, 0.6) is 5.75 Å². The minimum Gasteiger partial charge on any atom is -0.494 e. The van der Waals surface area contributed by atoms with Crippen LogP contribution in [0.15, 0.2) is 54.1 Å². The van der Waals surface area contributed by atoms with Gasteiger partial charge in [-0.05, 0) is 48.4 Å². The predicted molar refractivity (Wildman–Crippen MR) is 102 cm³/mol. The summed E-state index contributed by atoms with van der Waals surface area (Å²) in [5, 5.41) is 20.8. The van der Waals surface area contributed by atoms with Gasteiger partial charge in [0.15, 0.2) is 0 Å². The van der Waals surface area contributed by atoms with Gasteiger partial charge >= 0.3 is 5.97 Å². The molecule has 0 bridgehead atoms. The molecule has 6 nitrogen and oxygen atoms in total. The van der Waals surface area contributed by atoms with Gasteiger partial charge < -0.3 is 15.2 Å². The third-order valence-corrected chi connectivity index (χ3v) is 3.69. The molecule has 0 aromatic heterocycles. The van der Waals surface area contributed by atoms with Gasteiger partial charge in [-0.3, -0.25) is 4.79 Å². The van der Waals surface area contributed by atoms with E-state index in [-0.39, 0.29) is 11.1 Å². The summed E-state index contributed by atoms with van der Waals surface area (Å²) >= 11 is 0. The normalized spacial score (nSPS) is 10.7. The quantitative estimate of drug-likeness (QED) is 0.417. The third-order valence-electron chi connectivity index (χ3n) is 3.69. The van der Waals surface area contributed by atoms with Crippen LogP contribution in [0.4, 0.5) is 5.69 Å². The maximum Gasteiger partial charge on any atom is 0.335 e. The Morgan fingerprint density at radius 2 is 1.96 bits per heavy atom. The van der Waals surface area contributed by atoms with E-state index in [0.717, 1.165) is 18.6 Å². The van der Waals surface area contributed by atoms with Crippen molar-refractivity contribution in [1.82, 2.24) is 0 Å². The van der Waals surface area contributed by atoms with E-state index in [1.807, 2.05) is 6.07 Å².